The number of carbonyl (C=O) groups excluding carboxylic acids is 1. The van der Waals surface area contributed by atoms with E-state index in [0.29, 0.717) is 31.3 Å². The van der Waals surface area contributed by atoms with Crippen LogP contribution in [-0.2, 0) is 14.3 Å². The van der Waals surface area contributed by atoms with E-state index in [-0.39, 0.29) is 18.7 Å². The lowest BCUT2D eigenvalue weighted by molar-refractivity contribution is -0.116. The Morgan fingerprint density at radius 2 is 1.57 bits per heavy atom. The molecule has 0 radical (unpaired) electrons. The smallest absolute Gasteiger partial charge is 0.243 e. The predicted octanol–water partition coefficient (Wildman–Crippen LogP) is 4.62. The number of benzene rings is 3. The minimum Gasteiger partial charge on any atom is -0.493 e. The van der Waals surface area contributed by atoms with E-state index in [4.69, 9.17) is 18.9 Å². The Hall–Kier alpha value is -3.69. The van der Waals surface area contributed by atoms with E-state index in [1.54, 1.807) is 32.4 Å². The third-order valence-corrected chi connectivity index (χ3v) is 7.30. The highest BCUT2D eigenvalue weighted by atomic mass is 16.7. The van der Waals surface area contributed by atoms with Crippen LogP contribution in [0.25, 0.3) is 6.08 Å². The van der Waals surface area contributed by atoms with Gasteiger partial charge in [-0.2, -0.15) is 0 Å². The number of nitrogens with one attached hydrogen (secondary N) is 1. The van der Waals surface area contributed by atoms with Gasteiger partial charge in [-0.05, 0) is 47.9 Å². The fourth-order valence-corrected chi connectivity index (χ4v) is 5.09. The van der Waals surface area contributed by atoms with Crippen molar-refractivity contribution < 1.29 is 23.7 Å². The highest BCUT2D eigenvalue weighted by Crippen LogP contribution is 2.30. The standard InChI is InChI=1S/C34H43N3O5/c1-39-24-25-41-27-42-31-16-14-28(26-32(31)40-2)15-17-33(38)35-18-9-19-36-20-22-37(23-21-36)34(29-10-5-3-6-11-29)30-12-7-4-8-13-30/h3-8,10-17,26,34H,9,18-25,27H2,1-2H3,(H,35,38). The second kappa shape index (κ2) is 17.3. The second-order valence-electron chi connectivity index (χ2n) is 10.2. The van der Waals surface area contributed by atoms with E-state index in [1.165, 1.54) is 11.1 Å². The molecular formula is C34H43N3O5. The Labute approximate surface area is 249 Å². The average molecular weight is 574 g/mol. The molecule has 42 heavy (non-hydrogen) atoms. The van der Waals surface area contributed by atoms with Gasteiger partial charge in [0.2, 0.25) is 5.91 Å². The molecule has 1 heterocycles. The second-order valence-corrected chi connectivity index (χ2v) is 10.2. The van der Waals surface area contributed by atoms with Crippen molar-refractivity contribution in [2.75, 3.05) is 73.5 Å². The van der Waals surface area contributed by atoms with E-state index in [9.17, 15) is 4.79 Å². The van der Waals surface area contributed by atoms with Crippen LogP contribution in [0.1, 0.15) is 29.2 Å². The van der Waals surface area contributed by atoms with Crippen molar-refractivity contribution in [3.8, 4) is 11.5 Å². The topological polar surface area (TPSA) is 72.5 Å². The van der Waals surface area contributed by atoms with Crippen LogP contribution < -0.4 is 14.8 Å². The molecule has 4 rings (SSSR count). The Morgan fingerprint density at radius 1 is 0.881 bits per heavy atom. The van der Waals surface area contributed by atoms with E-state index in [1.807, 2.05) is 12.1 Å². The first-order chi connectivity index (χ1) is 20.7. The molecule has 1 aliphatic rings. The molecule has 1 N–H and O–H groups in total. The average Bonchev–Trinajstić information content (AvgIpc) is 3.04. The monoisotopic (exact) mass is 573 g/mol. The summed E-state index contributed by atoms with van der Waals surface area (Å²) in [6, 6.07) is 27.3. The van der Waals surface area contributed by atoms with Crippen LogP contribution in [0.3, 0.4) is 0 Å². The molecule has 0 saturated carbocycles. The molecule has 3 aromatic carbocycles. The van der Waals surface area contributed by atoms with Gasteiger partial charge in [0.05, 0.1) is 26.4 Å². The number of carbonyl (C=O) groups is 1. The fourth-order valence-electron chi connectivity index (χ4n) is 5.09. The highest BCUT2D eigenvalue weighted by Gasteiger charge is 2.26. The van der Waals surface area contributed by atoms with Gasteiger partial charge < -0.3 is 29.2 Å². The van der Waals surface area contributed by atoms with Crippen LogP contribution in [0.15, 0.2) is 84.9 Å². The minimum atomic E-state index is -0.112. The Morgan fingerprint density at radius 3 is 2.21 bits per heavy atom. The van der Waals surface area contributed by atoms with Crippen LogP contribution in [0, 0.1) is 0 Å². The summed E-state index contributed by atoms with van der Waals surface area (Å²) in [5.41, 5.74) is 3.51. The van der Waals surface area contributed by atoms with Crippen LogP contribution in [0.4, 0.5) is 0 Å². The summed E-state index contributed by atoms with van der Waals surface area (Å²) in [5, 5.41) is 3.00. The van der Waals surface area contributed by atoms with E-state index in [0.717, 1.165) is 44.7 Å². The normalized spacial score (nSPS) is 14.4. The minimum absolute atomic E-state index is 0.106. The Bertz CT molecular complexity index is 1190. The van der Waals surface area contributed by atoms with Crippen molar-refractivity contribution in [1.29, 1.82) is 0 Å². The summed E-state index contributed by atoms with van der Waals surface area (Å²) < 4.78 is 21.3. The number of methoxy groups -OCH3 is 2. The maximum absolute atomic E-state index is 12.4. The van der Waals surface area contributed by atoms with Crippen LogP contribution >= 0.6 is 0 Å². The van der Waals surface area contributed by atoms with Crippen molar-refractivity contribution in [3.63, 3.8) is 0 Å². The molecule has 1 aliphatic heterocycles. The molecule has 0 unspecified atom stereocenters. The third-order valence-electron chi connectivity index (χ3n) is 7.30. The Balaban J connectivity index is 1.17. The van der Waals surface area contributed by atoms with Gasteiger partial charge in [0.1, 0.15) is 0 Å². The van der Waals surface area contributed by atoms with Crippen LogP contribution in [0.2, 0.25) is 0 Å². The molecule has 1 saturated heterocycles. The maximum atomic E-state index is 12.4. The number of amides is 1. The summed E-state index contributed by atoms with van der Waals surface area (Å²) in [5.74, 6) is 1.04. The first-order valence-electron chi connectivity index (χ1n) is 14.6. The molecule has 0 aromatic heterocycles. The van der Waals surface area contributed by atoms with Gasteiger partial charge in [-0.1, -0.05) is 66.7 Å². The number of ether oxygens (including phenoxy) is 4. The van der Waals surface area contributed by atoms with E-state index in [2.05, 4.69) is 75.8 Å². The zero-order valence-electron chi connectivity index (χ0n) is 24.7. The fraction of sp³-hybridized carbons (Fsp3) is 0.382. The highest BCUT2D eigenvalue weighted by molar-refractivity contribution is 5.91. The number of hydrogen-bond acceptors (Lipinski definition) is 7. The van der Waals surface area contributed by atoms with Crippen molar-refractivity contribution >= 4 is 12.0 Å². The number of nitrogens with zero attached hydrogens (tertiary/aromatic N) is 2. The van der Waals surface area contributed by atoms with Gasteiger partial charge in [0.15, 0.2) is 18.3 Å². The molecule has 224 valence electrons. The predicted molar refractivity (Wildman–Crippen MR) is 166 cm³/mol. The number of rotatable bonds is 16. The molecule has 3 aromatic rings. The van der Waals surface area contributed by atoms with Gasteiger partial charge >= 0.3 is 0 Å². The summed E-state index contributed by atoms with van der Waals surface area (Å²) in [7, 11) is 3.20. The van der Waals surface area contributed by atoms with Crippen molar-refractivity contribution in [3.05, 3.63) is 102 Å². The quantitative estimate of drug-likeness (QED) is 0.152. The molecule has 0 aliphatic carbocycles. The van der Waals surface area contributed by atoms with Crippen LogP contribution in [-0.4, -0.2) is 89.2 Å². The van der Waals surface area contributed by atoms with Gasteiger partial charge in [-0.25, -0.2) is 0 Å². The molecule has 0 spiro atoms. The summed E-state index contributed by atoms with van der Waals surface area (Å²) in [6.07, 6.45) is 4.23. The van der Waals surface area contributed by atoms with E-state index < -0.39 is 0 Å². The lowest BCUT2D eigenvalue weighted by atomic mass is 9.96. The summed E-state index contributed by atoms with van der Waals surface area (Å²) >= 11 is 0. The summed E-state index contributed by atoms with van der Waals surface area (Å²) in [6.45, 7) is 6.73. The maximum Gasteiger partial charge on any atom is 0.243 e. The lowest BCUT2D eigenvalue weighted by Gasteiger charge is -2.39. The van der Waals surface area contributed by atoms with Crippen molar-refractivity contribution in [1.82, 2.24) is 15.1 Å². The number of piperazine rings is 1. The zero-order valence-corrected chi connectivity index (χ0v) is 24.7. The molecule has 1 amide bonds. The first-order valence-corrected chi connectivity index (χ1v) is 14.6. The van der Waals surface area contributed by atoms with Crippen LogP contribution in [0.5, 0.6) is 11.5 Å². The van der Waals surface area contributed by atoms with Gasteiger partial charge in [-0.3, -0.25) is 9.69 Å². The molecule has 1 fully saturated rings. The lowest BCUT2D eigenvalue weighted by Crippen LogP contribution is -2.48. The van der Waals surface area contributed by atoms with Crippen molar-refractivity contribution in [2.45, 2.75) is 12.5 Å². The summed E-state index contributed by atoms with van der Waals surface area (Å²) in [4.78, 5) is 17.5. The Kier molecular flexibility index (Phi) is 12.9. The largest absolute Gasteiger partial charge is 0.493 e. The third kappa shape index (κ3) is 9.70. The first kappa shape index (κ1) is 31.3. The van der Waals surface area contributed by atoms with E-state index >= 15 is 0 Å². The zero-order chi connectivity index (χ0) is 29.4. The number of hydrogen-bond donors (Lipinski definition) is 1. The van der Waals surface area contributed by atoms with Gasteiger partial charge in [-0.15, -0.1) is 0 Å². The van der Waals surface area contributed by atoms with Crippen molar-refractivity contribution in [2.24, 2.45) is 0 Å². The van der Waals surface area contributed by atoms with Gasteiger partial charge in [0, 0.05) is 45.9 Å². The molecule has 8 heteroatoms. The molecule has 0 atom stereocenters. The molecule has 8 nitrogen and oxygen atoms in total. The molecular weight excluding hydrogens is 530 g/mol. The van der Waals surface area contributed by atoms with Gasteiger partial charge in [0.25, 0.3) is 0 Å². The SMILES string of the molecule is COCCOCOc1ccc(C=CC(=O)NCCCN2CCN(C(c3ccccc3)c3ccccc3)CC2)cc1OC. The molecule has 0 bridgehead atoms.